The monoisotopic (exact) mass is 474 g/mol. The highest BCUT2D eigenvalue weighted by atomic mass is 16.3. The summed E-state index contributed by atoms with van der Waals surface area (Å²) in [6, 6.07) is 2.77. The highest BCUT2D eigenvalue weighted by Gasteiger charge is 2.31. The minimum Gasteiger partial charge on any atom is -0.504 e. The molecule has 7 heteroatoms. The number of hydrogen-bond donors (Lipinski definition) is 4. The van der Waals surface area contributed by atoms with Crippen LogP contribution in [0.1, 0.15) is 109 Å². The maximum atomic E-state index is 12.8. The second-order valence-electron chi connectivity index (χ2n) is 13.0. The Balaban J connectivity index is 2.92. The second-order valence-corrected chi connectivity index (χ2v) is 13.0. The lowest BCUT2D eigenvalue weighted by atomic mass is 9.62. The predicted molar refractivity (Wildman–Crippen MR) is 143 cm³/mol. The highest BCUT2D eigenvalue weighted by Crippen LogP contribution is 2.39. The fourth-order valence-corrected chi connectivity index (χ4v) is 4.83. The third-order valence-corrected chi connectivity index (χ3v) is 6.77. The van der Waals surface area contributed by atoms with Gasteiger partial charge in [-0.2, -0.15) is 0 Å². The first-order chi connectivity index (χ1) is 15.4. The zero-order valence-corrected chi connectivity index (χ0v) is 23.1. The number of phenols is 2. The molecule has 1 atom stereocenters. The molecule has 2 amide bonds. The van der Waals surface area contributed by atoms with Crippen molar-refractivity contribution in [1.82, 2.24) is 10.6 Å². The summed E-state index contributed by atoms with van der Waals surface area (Å²) in [6.07, 6.45) is 3.79. The van der Waals surface area contributed by atoms with Crippen LogP contribution >= 0.6 is 0 Å². The molecule has 0 saturated carbocycles. The fraction of sp³-hybridized carbons (Fsp3) is 0.704. The average Bonchev–Trinajstić information content (AvgIpc) is 2.70. The van der Waals surface area contributed by atoms with Crippen molar-refractivity contribution < 1.29 is 19.8 Å². The summed E-state index contributed by atoms with van der Waals surface area (Å²) in [4.78, 5) is 25.5. The van der Waals surface area contributed by atoms with E-state index in [1.807, 2.05) is 0 Å². The maximum absolute atomic E-state index is 12.8. The molecule has 0 saturated heterocycles. The Morgan fingerprint density at radius 3 is 1.59 bits per heavy atom. The van der Waals surface area contributed by atoms with Gasteiger partial charge in [-0.1, -0.05) is 74.0 Å². The number of aromatic hydroxyl groups is 2. The van der Waals surface area contributed by atoms with Crippen LogP contribution in [-0.2, 0) is 0 Å². The van der Waals surface area contributed by atoms with Crippen LogP contribution in [0.4, 0.5) is 0 Å². The van der Waals surface area contributed by atoms with Gasteiger partial charge in [-0.3, -0.25) is 9.59 Å². The first-order valence-electron chi connectivity index (χ1n) is 12.5. The van der Waals surface area contributed by atoms with Gasteiger partial charge >= 0.3 is 0 Å². The Kier molecular flexibility index (Phi) is 9.70. The normalized spacial score (nSPS) is 14.4. The average molecular weight is 474 g/mol. The SMILES string of the molecule is BC(C)(C)CC(C)(CC)CNC(=O)c1ccc(C(=O)NCC(C)(C)CC(C)(C)CC)c(O)c1O. The standard InChI is InChI=1S/C27H47BN2O4/c1-10-24(3,4)14-25(5,6)16-29-22(33)18-12-13-19(21(32)20(18)31)23(34)30-17-27(9,11-2)15-26(7,8)28/h12-13,31-32H,10-11,14-17,28H2,1-9H3,(H,29,33)(H,30,34). The van der Waals surface area contributed by atoms with E-state index in [-0.39, 0.29) is 32.7 Å². The lowest BCUT2D eigenvalue weighted by Gasteiger charge is -2.35. The van der Waals surface area contributed by atoms with E-state index >= 15 is 0 Å². The third kappa shape index (κ3) is 8.88. The van der Waals surface area contributed by atoms with Gasteiger partial charge < -0.3 is 20.8 Å². The minimum absolute atomic E-state index is 0.0479. The van der Waals surface area contributed by atoms with E-state index in [9.17, 15) is 19.8 Å². The quantitative estimate of drug-likeness (QED) is 0.252. The van der Waals surface area contributed by atoms with Crippen molar-refractivity contribution in [1.29, 1.82) is 0 Å². The topological polar surface area (TPSA) is 98.7 Å². The molecule has 1 rings (SSSR count). The zero-order valence-electron chi connectivity index (χ0n) is 23.1. The Morgan fingerprint density at radius 2 is 1.21 bits per heavy atom. The molecular weight excluding hydrogens is 427 g/mol. The van der Waals surface area contributed by atoms with Crippen LogP contribution < -0.4 is 10.6 Å². The van der Waals surface area contributed by atoms with Crippen molar-refractivity contribution in [3.8, 4) is 11.5 Å². The number of carbonyl (C=O) groups is 2. The number of benzene rings is 1. The molecule has 4 N–H and O–H groups in total. The number of rotatable bonds is 12. The molecule has 0 aromatic heterocycles. The van der Waals surface area contributed by atoms with E-state index in [4.69, 9.17) is 0 Å². The summed E-state index contributed by atoms with van der Waals surface area (Å²) in [5, 5.41) is 26.9. The number of carbonyl (C=O) groups excluding carboxylic acids is 2. The van der Waals surface area contributed by atoms with Crippen LogP contribution in [0, 0.1) is 16.2 Å². The molecule has 0 fully saturated rings. The molecule has 0 spiro atoms. The van der Waals surface area contributed by atoms with E-state index in [2.05, 4.69) is 80.8 Å². The molecule has 0 heterocycles. The zero-order chi connectivity index (χ0) is 26.5. The van der Waals surface area contributed by atoms with Crippen molar-refractivity contribution in [3.63, 3.8) is 0 Å². The van der Waals surface area contributed by atoms with Crippen LogP contribution in [0.3, 0.4) is 0 Å². The summed E-state index contributed by atoms with van der Waals surface area (Å²) in [5.41, 5.74) is -0.167. The summed E-state index contributed by atoms with van der Waals surface area (Å²) in [5.74, 6) is -2.11. The van der Waals surface area contributed by atoms with Crippen LogP contribution in [0.25, 0.3) is 0 Å². The fourth-order valence-electron chi connectivity index (χ4n) is 4.83. The lowest BCUT2D eigenvalue weighted by Crippen LogP contribution is -2.37. The first-order valence-corrected chi connectivity index (χ1v) is 12.5. The third-order valence-electron chi connectivity index (χ3n) is 6.77. The van der Waals surface area contributed by atoms with E-state index in [1.165, 1.54) is 12.1 Å². The van der Waals surface area contributed by atoms with Gasteiger partial charge in [0, 0.05) is 13.1 Å². The molecule has 6 nitrogen and oxygen atoms in total. The molecule has 1 unspecified atom stereocenters. The Bertz CT molecular complexity index is 874. The van der Waals surface area contributed by atoms with Crippen molar-refractivity contribution in [2.45, 2.75) is 93.3 Å². The molecule has 1 aromatic rings. The summed E-state index contributed by atoms with van der Waals surface area (Å²) in [6.45, 7) is 20.2. The van der Waals surface area contributed by atoms with Gasteiger partial charge in [0.15, 0.2) is 11.5 Å². The van der Waals surface area contributed by atoms with Gasteiger partial charge in [0.1, 0.15) is 7.85 Å². The summed E-state index contributed by atoms with van der Waals surface area (Å²) in [7, 11) is 2.17. The number of nitrogens with one attached hydrogen (secondary N) is 2. The molecule has 0 aliphatic heterocycles. The Labute approximate surface area is 207 Å². The molecule has 0 aliphatic carbocycles. The van der Waals surface area contributed by atoms with Crippen LogP contribution in [0.15, 0.2) is 12.1 Å². The van der Waals surface area contributed by atoms with Gasteiger partial charge in [0.05, 0.1) is 11.1 Å². The predicted octanol–water partition coefficient (Wildman–Crippen LogP) is 5.05. The molecule has 34 heavy (non-hydrogen) atoms. The van der Waals surface area contributed by atoms with Crippen molar-refractivity contribution in [2.24, 2.45) is 16.2 Å². The number of hydrogen-bond acceptors (Lipinski definition) is 4. The number of phenolic OH excluding ortho intramolecular Hbond substituents is 2. The molecule has 192 valence electrons. The summed E-state index contributed by atoms with van der Waals surface area (Å²) < 4.78 is 0. The minimum atomic E-state index is -0.579. The smallest absolute Gasteiger partial charge is 0.255 e. The van der Waals surface area contributed by atoms with Gasteiger partial charge in [0.2, 0.25) is 0 Å². The van der Waals surface area contributed by atoms with Gasteiger partial charge in [-0.05, 0) is 47.6 Å². The van der Waals surface area contributed by atoms with Crippen LogP contribution in [-0.4, -0.2) is 43.0 Å². The Hall–Kier alpha value is -2.18. The van der Waals surface area contributed by atoms with E-state index in [0.29, 0.717) is 13.1 Å². The number of amides is 2. The van der Waals surface area contributed by atoms with E-state index in [0.717, 1.165) is 25.7 Å². The van der Waals surface area contributed by atoms with Gasteiger partial charge in [-0.15, -0.1) is 0 Å². The van der Waals surface area contributed by atoms with Crippen molar-refractivity contribution in [2.75, 3.05) is 13.1 Å². The summed E-state index contributed by atoms with van der Waals surface area (Å²) >= 11 is 0. The lowest BCUT2D eigenvalue weighted by molar-refractivity contribution is 0.0906. The molecular formula is C27H47BN2O4. The molecule has 0 radical (unpaired) electrons. The van der Waals surface area contributed by atoms with Crippen molar-refractivity contribution in [3.05, 3.63) is 23.3 Å². The largest absolute Gasteiger partial charge is 0.504 e. The molecule has 1 aromatic carbocycles. The second kappa shape index (κ2) is 11.0. The van der Waals surface area contributed by atoms with E-state index < -0.39 is 23.3 Å². The van der Waals surface area contributed by atoms with E-state index in [1.54, 1.807) is 0 Å². The maximum Gasteiger partial charge on any atom is 0.255 e. The van der Waals surface area contributed by atoms with Gasteiger partial charge in [0.25, 0.3) is 11.8 Å². The molecule has 0 bridgehead atoms. The molecule has 0 aliphatic rings. The van der Waals surface area contributed by atoms with Crippen LogP contribution in [0.5, 0.6) is 11.5 Å². The van der Waals surface area contributed by atoms with Gasteiger partial charge in [-0.25, -0.2) is 0 Å². The Morgan fingerprint density at radius 1 is 0.765 bits per heavy atom. The van der Waals surface area contributed by atoms with Crippen molar-refractivity contribution >= 4 is 19.7 Å². The first kappa shape index (κ1) is 29.9. The highest BCUT2D eigenvalue weighted by molar-refractivity contribution is 6.14. The van der Waals surface area contributed by atoms with Crippen LogP contribution in [0.2, 0.25) is 5.31 Å².